The zero-order valence-electron chi connectivity index (χ0n) is 8.92. The maximum Gasteiger partial charge on any atom is 0.223 e. The Morgan fingerprint density at radius 1 is 1.71 bits per heavy atom. The minimum atomic E-state index is -0.460. The Hall–Kier alpha value is -0.610. The number of carbonyl (C=O) groups excluding carboxylic acids is 1. The molecule has 4 nitrogen and oxygen atoms in total. The van der Waals surface area contributed by atoms with Gasteiger partial charge in [-0.2, -0.15) is 0 Å². The van der Waals surface area contributed by atoms with Crippen molar-refractivity contribution < 1.29 is 9.90 Å². The lowest BCUT2D eigenvalue weighted by Crippen LogP contribution is -2.43. The van der Waals surface area contributed by atoms with E-state index in [1.807, 2.05) is 0 Å². The predicted molar refractivity (Wildman–Crippen MR) is 54.9 cm³/mol. The Balaban J connectivity index is 2.29. The van der Waals surface area contributed by atoms with Crippen molar-refractivity contribution >= 4 is 5.91 Å². The van der Waals surface area contributed by atoms with Gasteiger partial charge >= 0.3 is 0 Å². The average molecular weight is 200 g/mol. The molecule has 0 aromatic heterocycles. The molecule has 0 spiro atoms. The second-order valence-electron chi connectivity index (χ2n) is 4.17. The number of hydrogen-bond donors (Lipinski definition) is 3. The van der Waals surface area contributed by atoms with E-state index in [1.165, 1.54) is 0 Å². The summed E-state index contributed by atoms with van der Waals surface area (Å²) in [6.45, 7) is 5.03. The van der Waals surface area contributed by atoms with Gasteiger partial charge in [-0.3, -0.25) is 4.79 Å². The Kier molecular flexibility index (Phi) is 4.35. The third kappa shape index (κ3) is 3.64. The van der Waals surface area contributed by atoms with Crippen molar-refractivity contribution in [3.05, 3.63) is 0 Å². The minimum absolute atomic E-state index is 0.0826. The van der Waals surface area contributed by atoms with Crippen LogP contribution in [0.25, 0.3) is 0 Å². The largest absolute Gasteiger partial charge is 0.392 e. The van der Waals surface area contributed by atoms with Crippen LogP contribution < -0.4 is 10.6 Å². The summed E-state index contributed by atoms with van der Waals surface area (Å²) in [5.74, 6) is 0.198. The van der Waals surface area contributed by atoms with Crippen LogP contribution >= 0.6 is 0 Å². The molecule has 0 bridgehead atoms. The minimum Gasteiger partial charge on any atom is -0.392 e. The number of rotatable bonds is 3. The van der Waals surface area contributed by atoms with E-state index in [4.69, 9.17) is 5.11 Å². The molecule has 0 aliphatic carbocycles. The Morgan fingerprint density at radius 2 is 2.43 bits per heavy atom. The quantitative estimate of drug-likeness (QED) is 0.595. The molecule has 1 rings (SSSR count). The van der Waals surface area contributed by atoms with Gasteiger partial charge in [-0.25, -0.2) is 0 Å². The van der Waals surface area contributed by atoms with Crippen LogP contribution in [0.1, 0.15) is 26.7 Å². The Labute approximate surface area is 85.1 Å². The van der Waals surface area contributed by atoms with Gasteiger partial charge in [0.05, 0.1) is 6.10 Å². The first-order valence-corrected chi connectivity index (χ1v) is 5.28. The molecule has 1 saturated heterocycles. The number of piperidine rings is 1. The highest BCUT2D eigenvalue weighted by molar-refractivity contribution is 5.78. The highest BCUT2D eigenvalue weighted by Gasteiger charge is 2.24. The summed E-state index contributed by atoms with van der Waals surface area (Å²) in [4.78, 5) is 11.6. The normalized spacial score (nSPS) is 29.6. The summed E-state index contributed by atoms with van der Waals surface area (Å²) < 4.78 is 0. The van der Waals surface area contributed by atoms with Gasteiger partial charge in [-0.05, 0) is 33.2 Å². The fourth-order valence-electron chi connectivity index (χ4n) is 1.76. The Morgan fingerprint density at radius 3 is 3.00 bits per heavy atom. The number of aliphatic hydroxyl groups excluding tert-OH is 1. The second kappa shape index (κ2) is 5.32. The summed E-state index contributed by atoms with van der Waals surface area (Å²) in [7, 11) is 0. The average Bonchev–Trinajstić information content (AvgIpc) is 2.14. The molecule has 1 amide bonds. The van der Waals surface area contributed by atoms with Crippen molar-refractivity contribution in [1.29, 1.82) is 0 Å². The zero-order chi connectivity index (χ0) is 10.6. The lowest BCUT2D eigenvalue weighted by Gasteiger charge is -2.27. The van der Waals surface area contributed by atoms with E-state index in [2.05, 4.69) is 17.6 Å². The van der Waals surface area contributed by atoms with Crippen LogP contribution in [0, 0.1) is 5.92 Å². The van der Waals surface area contributed by atoms with Gasteiger partial charge < -0.3 is 15.7 Å². The first-order valence-electron chi connectivity index (χ1n) is 5.28. The lowest BCUT2D eigenvalue weighted by atomic mass is 9.92. The molecule has 0 unspecified atom stereocenters. The Bertz CT molecular complexity index is 195. The predicted octanol–water partition coefficient (Wildman–Crippen LogP) is -0.128. The van der Waals surface area contributed by atoms with E-state index in [1.54, 1.807) is 6.92 Å². The van der Waals surface area contributed by atoms with Crippen molar-refractivity contribution in [3.63, 3.8) is 0 Å². The van der Waals surface area contributed by atoms with Crippen molar-refractivity contribution in [2.75, 3.05) is 13.1 Å². The molecule has 0 aromatic rings. The summed E-state index contributed by atoms with van der Waals surface area (Å²) in [5, 5.41) is 15.1. The molecule has 4 heteroatoms. The molecule has 1 aliphatic rings. The van der Waals surface area contributed by atoms with E-state index in [-0.39, 0.29) is 11.8 Å². The molecule has 1 heterocycles. The third-order valence-corrected chi connectivity index (χ3v) is 2.57. The van der Waals surface area contributed by atoms with Gasteiger partial charge in [0.1, 0.15) is 0 Å². The van der Waals surface area contributed by atoms with Crippen molar-refractivity contribution in [2.24, 2.45) is 5.92 Å². The standard InChI is InChI=1S/C10H20N2O2/c1-7-5-9(3-4-11-7)10(14)12-6-8(2)13/h7-9,11,13H,3-6H2,1-2H3,(H,12,14)/t7-,8+,9-/m0/s1. The summed E-state index contributed by atoms with van der Waals surface area (Å²) in [5.41, 5.74) is 0. The van der Waals surface area contributed by atoms with Gasteiger partial charge in [0.25, 0.3) is 0 Å². The molecule has 3 N–H and O–H groups in total. The maximum absolute atomic E-state index is 11.6. The molecule has 1 aliphatic heterocycles. The van der Waals surface area contributed by atoms with Gasteiger partial charge in [0.15, 0.2) is 0 Å². The highest BCUT2D eigenvalue weighted by atomic mass is 16.3. The van der Waals surface area contributed by atoms with E-state index in [9.17, 15) is 4.79 Å². The van der Waals surface area contributed by atoms with Crippen LogP contribution in [-0.4, -0.2) is 36.2 Å². The molecule has 0 aromatic carbocycles. The van der Waals surface area contributed by atoms with Crippen LogP contribution in [0.5, 0.6) is 0 Å². The smallest absolute Gasteiger partial charge is 0.223 e. The summed E-state index contributed by atoms with van der Waals surface area (Å²) in [6, 6.07) is 0.422. The van der Waals surface area contributed by atoms with E-state index < -0.39 is 6.10 Å². The molecular weight excluding hydrogens is 180 g/mol. The van der Waals surface area contributed by atoms with E-state index in [0.29, 0.717) is 12.6 Å². The lowest BCUT2D eigenvalue weighted by molar-refractivity contribution is -0.126. The fourth-order valence-corrected chi connectivity index (χ4v) is 1.76. The summed E-state index contributed by atoms with van der Waals surface area (Å²) >= 11 is 0. The monoisotopic (exact) mass is 200 g/mol. The third-order valence-electron chi connectivity index (χ3n) is 2.57. The molecule has 3 atom stereocenters. The van der Waals surface area contributed by atoms with E-state index in [0.717, 1.165) is 19.4 Å². The summed E-state index contributed by atoms with van der Waals surface area (Å²) in [6.07, 6.45) is 1.33. The van der Waals surface area contributed by atoms with Gasteiger partial charge in [-0.1, -0.05) is 0 Å². The number of amides is 1. The molecule has 1 fully saturated rings. The van der Waals surface area contributed by atoms with Gasteiger partial charge in [0.2, 0.25) is 5.91 Å². The number of carbonyl (C=O) groups is 1. The SMILES string of the molecule is C[C@@H](O)CNC(=O)[C@H]1CCN[C@@H](C)C1. The van der Waals surface area contributed by atoms with Crippen LogP contribution in [0.2, 0.25) is 0 Å². The molecule has 82 valence electrons. The zero-order valence-corrected chi connectivity index (χ0v) is 8.92. The van der Waals surface area contributed by atoms with E-state index >= 15 is 0 Å². The van der Waals surface area contributed by atoms with Crippen LogP contribution in [-0.2, 0) is 4.79 Å². The van der Waals surface area contributed by atoms with Crippen LogP contribution in [0.15, 0.2) is 0 Å². The van der Waals surface area contributed by atoms with Crippen molar-refractivity contribution in [3.8, 4) is 0 Å². The number of aliphatic hydroxyl groups is 1. The highest BCUT2D eigenvalue weighted by Crippen LogP contribution is 2.15. The number of nitrogens with one attached hydrogen (secondary N) is 2. The number of hydrogen-bond acceptors (Lipinski definition) is 3. The van der Waals surface area contributed by atoms with Crippen LogP contribution in [0.4, 0.5) is 0 Å². The van der Waals surface area contributed by atoms with Gasteiger partial charge in [-0.15, -0.1) is 0 Å². The molecule has 0 saturated carbocycles. The fraction of sp³-hybridized carbons (Fsp3) is 0.900. The van der Waals surface area contributed by atoms with Crippen molar-refractivity contribution in [1.82, 2.24) is 10.6 Å². The van der Waals surface area contributed by atoms with Crippen LogP contribution in [0.3, 0.4) is 0 Å². The van der Waals surface area contributed by atoms with Gasteiger partial charge in [0, 0.05) is 18.5 Å². The molecule has 14 heavy (non-hydrogen) atoms. The topological polar surface area (TPSA) is 61.4 Å². The first-order chi connectivity index (χ1) is 6.59. The molecular formula is C10H20N2O2. The van der Waals surface area contributed by atoms with Crippen molar-refractivity contribution in [2.45, 2.75) is 38.8 Å². The maximum atomic E-state index is 11.6. The second-order valence-corrected chi connectivity index (χ2v) is 4.17. The molecule has 0 radical (unpaired) electrons. The first kappa shape index (κ1) is 11.5.